The van der Waals surface area contributed by atoms with Crippen LogP contribution in [0.25, 0.3) is 0 Å². The maximum Gasteiger partial charge on any atom is 0.316 e. The van der Waals surface area contributed by atoms with Crippen molar-refractivity contribution in [3.05, 3.63) is 11.3 Å². The van der Waals surface area contributed by atoms with Crippen molar-refractivity contribution >= 4 is 17.5 Å². The molecule has 1 rings (SSSR count). The highest BCUT2D eigenvalue weighted by Gasteiger charge is 2.46. The number of carbonyl (C=O) groups excluding carboxylic acids is 2. The summed E-state index contributed by atoms with van der Waals surface area (Å²) in [5.41, 5.74) is -0.540. The summed E-state index contributed by atoms with van der Waals surface area (Å²) in [4.78, 5) is 23.8. The first-order chi connectivity index (χ1) is 8.76. The zero-order valence-electron chi connectivity index (χ0n) is 11.9. The molecule has 0 saturated heterocycles. The second-order valence-corrected chi connectivity index (χ2v) is 5.53. The highest BCUT2D eigenvalue weighted by atomic mass is 16.5. The number of nitrogens with one attached hydrogen (secondary N) is 1. The van der Waals surface area contributed by atoms with Crippen LogP contribution in [-0.2, 0) is 14.3 Å². The first-order valence-corrected chi connectivity index (χ1v) is 6.38. The van der Waals surface area contributed by atoms with Crippen molar-refractivity contribution < 1.29 is 19.4 Å². The van der Waals surface area contributed by atoms with E-state index in [1.807, 2.05) is 6.92 Å². The Morgan fingerprint density at radius 3 is 2.53 bits per heavy atom. The van der Waals surface area contributed by atoms with Gasteiger partial charge in [-0.1, -0.05) is 20.8 Å². The van der Waals surface area contributed by atoms with Crippen molar-refractivity contribution in [1.29, 1.82) is 5.41 Å². The molecule has 0 aromatic carbocycles. The van der Waals surface area contributed by atoms with Gasteiger partial charge in [-0.25, -0.2) is 0 Å². The number of hydrogen-bond acceptors (Lipinski definition) is 5. The molecular formula is C14H21NO4. The SMILES string of the molecule is CCCC(=O)C1=C(O)[C@H](C(=O)OC)C(C)(C)CC1=N. The van der Waals surface area contributed by atoms with E-state index in [9.17, 15) is 14.7 Å². The Labute approximate surface area is 113 Å². The third-order valence-electron chi connectivity index (χ3n) is 3.44. The Morgan fingerprint density at radius 1 is 1.47 bits per heavy atom. The largest absolute Gasteiger partial charge is 0.511 e. The third kappa shape index (κ3) is 2.85. The normalized spacial score (nSPS) is 22.3. The van der Waals surface area contributed by atoms with Crippen LogP contribution >= 0.6 is 0 Å². The number of rotatable bonds is 4. The van der Waals surface area contributed by atoms with Crippen molar-refractivity contribution in [2.75, 3.05) is 7.11 Å². The number of allylic oxidation sites excluding steroid dienone is 1. The van der Waals surface area contributed by atoms with Gasteiger partial charge in [0, 0.05) is 12.1 Å². The highest BCUT2D eigenvalue weighted by Crippen LogP contribution is 2.42. The summed E-state index contributed by atoms with van der Waals surface area (Å²) in [7, 11) is 1.25. The van der Waals surface area contributed by atoms with Crippen LogP contribution in [0.15, 0.2) is 11.3 Å². The van der Waals surface area contributed by atoms with E-state index in [1.165, 1.54) is 7.11 Å². The van der Waals surface area contributed by atoms with Crippen molar-refractivity contribution in [3.63, 3.8) is 0 Å². The quantitative estimate of drug-likeness (QED) is 0.766. The van der Waals surface area contributed by atoms with Crippen LogP contribution in [0.1, 0.15) is 40.0 Å². The molecule has 106 valence electrons. The molecule has 0 radical (unpaired) electrons. The molecule has 0 unspecified atom stereocenters. The minimum atomic E-state index is -0.887. The number of ether oxygens (including phenoxy) is 1. The Morgan fingerprint density at radius 2 is 2.05 bits per heavy atom. The Balaban J connectivity index is 3.31. The minimum absolute atomic E-state index is 0.00317. The van der Waals surface area contributed by atoms with Crippen LogP contribution in [0.2, 0.25) is 0 Å². The molecule has 1 aliphatic rings. The third-order valence-corrected chi connectivity index (χ3v) is 3.44. The average Bonchev–Trinajstić information content (AvgIpc) is 2.26. The first-order valence-electron chi connectivity index (χ1n) is 6.38. The summed E-state index contributed by atoms with van der Waals surface area (Å²) >= 11 is 0. The lowest BCUT2D eigenvalue weighted by atomic mass is 9.67. The number of ketones is 1. The monoisotopic (exact) mass is 267 g/mol. The number of aliphatic hydroxyl groups is 1. The molecule has 0 bridgehead atoms. The standard InChI is InChI=1S/C14H21NO4/c1-5-6-9(16)10-8(15)7-14(2,3)11(12(10)17)13(18)19-4/h11,15,17H,5-7H2,1-4H3/t11-/m1/s1. The van der Waals surface area contributed by atoms with E-state index in [0.29, 0.717) is 6.42 Å². The smallest absolute Gasteiger partial charge is 0.316 e. The maximum absolute atomic E-state index is 12.0. The molecule has 0 heterocycles. The van der Waals surface area contributed by atoms with Crippen LogP contribution in [-0.4, -0.2) is 29.7 Å². The lowest BCUT2D eigenvalue weighted by Gasteiger charge is -2.37. The molecule has 0 aromatic heterocycles. The van der Waals surface area contributed by atoms with Gasteiger partial charge in [0.15, 0.2) is 5.78 Å². The van der Waals surface area contributed by atoms with Crippen molar-refractivity contribution in [2.45, 2.75) is 40.0 Å². The topological polar surface area (TPSA) is 87.4 Å². The highest BCUT2D eigenvalue weighted by molar-refractivity contribution is 6.22. The van der Waals surface area contributed by atoms with E-state index in [0.717, 1.165) is 0 Å². The second-order valence-electron chi connectivity index (χ2n) is 5.53. The zero-order valence-corrected chi connectivity index (χ0v) is 11.9. The number of aliphatic hydroxyl groups excluding tert-OH is 1. The summed E-state index contributed by atoms with van der Waals surface area (Å²) in [6.07, 6.45) is 1.16. The molecule has 0 amide bonds. The summed E-state index contributed by atoms with van der Waals surface area (Å²) < 4.78 is 4.70. The summed E-state index contributed by atoms with van der Waals surface area (Å²) in [5.74, 6) is -2.06. The number of carbonyl (C=O) groups is 2. The van der Waals surface area contributed by atoms with Crippen LogP contribution in [0.3, 0.4) is 0 Å². The number of Topliss-reactive ketones (excluding diaryl/α,β-unsaturated/α-hetero) is 1. The molecule has 0 fully saturated rings. The summed E-state index contributed by atoms with van der Waals surface area (Å²) in [6, 6.07) is 0. The van der Waals surface area contributed by atoms with Crippen LogP contribution in [0.5, 0.6) is 0 Å². The van der Waals surface area contributed by atoms with Gasteiger partial charge < -0.3 is 15.3 Å². The van der Waals surface area contributed by atoms with E-state index in [2.05, 4.69) is 0 Å². The molecule has 0 aliphatic heterocycles. The molecule has 19 heavy (non-hydrogen) atoms. The van der Waals surface area contributed by atoms with Gasteiger partial charge in [-0.3, -0.25) is 9.59 Å². The molecule has 0 saturated carbocycles. The first kappa shape index (κ1) is 15.4. The Bertz CT molecular complexity index is 448. The van der Waals surface area contributed by atoms with Gasteiger partial charge >= 0.3 is 5.97 Å². The van der Waals surface area contributed by atoms with Gasteiger partial charge in [0.25, 0.3) is 0 Å². The predicted octanol–water partition coefficient (Wildman–Crippen LogP) is 2.41. The van der Waals surface area contributed by atoms with E-state index in [1.54, 1.807) is 13.8 Å². The number of methoxy groups -OCH3 is 1. The van der Waals surface area contributed by atoms with Crippen molar-refractivity contribution in [2.24, 2.45) is 11.3 Å². The van der Waals surface area contributed by atoms with Gasteiger partial charge in [0.05, 0.1) is 12.7 Å². The van der Waals surface area contributed by atoms with Crippen molar-refractivity contribution in [1.82, 2.24) is 0 Å². The molecule has 0 aromatic rings. The van der Waals surface area contributed by atoms with Gasteiger partial charge in [-0.15, -0.1) is 0 Å². The van der Waals surface area contributed by atoms with Gasteiger partial charge in [0.2, 0.25) is 0 Å². The van der Waals surface area contributed by atoms with Gasteiger partial charge in [0.1, 0.15) is 11.7 Å². The summed E-state index contributed by atoms with van der Waals surface area (Å²) in [6.45, 7) is 5.41. The van der Waals surface area contributed by atoms with Gasteiger partial charge in [-0.05, 0) is 18.3 Å². The second kappa shape index (κ2) is 5.55. The fourth-order valence-electron chi connectivity index (χ4n) is 2.53. The molecule has 0 spiro atoms. The molecule has 1 aliphatic carbocycles. The van der Waals surface area contributed by atoms with Crippen molar-refractivity contribution in [3.8, 4) is 0 Å². The molecule has 5 heteroatoms. The van der Waals surface area contributed by atoms with Gasteiger partial charge in [-0.2, -0.15) is 0 Å². The number of hydrogen-bond donors (Lipinski definition) is 2. The Kier molecular flexibility index (Phi) is 4.50. The van der Waals surface area contributed by atoms with Crippen LogP contribution in [0, 0.1) is 16.7 Å². The summed E-state index contributed by atoms with van der Waals surface area (Å²) in [5, 5.41) is 18.2. The minimum Gasteiger partial charge on any atom is -0.511 e. The average molecular weight is 267 g/mol. The lowest BCUT2D eigenvalue weighted by molar-refractivity contribution is -0.149. The fourth-order valence-corrected chi connectivity index (χ4v) is 2.53. The Hall–Kier alpha value is -1.65. The van der Waals surface area contributed by atoms with Crippen LogP contribution < -0.4 is 0 Å². The molecular weight excluding hydrogens is 246 g/mol. The lowest BCUT2D eigenvalue weighted by Crippen LogP contribution is -2.41. The molecule has 2 N–H and O–H groups in total. The zero-order chi connectivity index (χ0) is 14.8. The van der Waals surface area contributed by atoms with E-state index >= 15 is 0 Å². The molecule has 5 nitrogen and oxygen atoms in total. The molecule has 1 atom stereocenters. The predicted molar refractivity (Wildman–Crippen MR) is 71.2 cm³/mol. The van der Waals surface area contributed by atoms with Crippen LogP contribution in [0.4, 0.5) is 0 Å². The van der Waals surface area contributed by atoms with E-state index in [-0.39, 0.29) is 35.7 Å². The number of esters is 1. The maximum atomic E-state index is 12.0. The van der Waals surface area contributed by atoms with E-state index in [4.69, 9.17) is 10.1 Å². The fraction of sp³-hybridized carbons (Fsp3) is 0.643. The van der Waals surface area contributed by atoms with E-state index < -0.39 is 17.3 Å².